The minimum absolute atomic E-state index is 0.0456. The lowest BCUT2D eigenvalue weighted by Gasteiger charge is -2.22. The van der Waals surface area contributed by atoms with Crippen LogP contribution in [0.5, 0.6) is 5.75 Å². The summed E-state index contributed by atoms with van der Waals surface area (Å²) in [6.07, 6.45) is 4.26. The van der Waals surface area contributed by atoms with Crippen molar-refractivity contribution in [3.63, 3.8) is 0 Å². The number of hydrogen-bond donors (Lipinski definition) is 2. The summed E-state index contributed by atoms with van der Waals surface area (Å²) in [7, 11) is -2.93. The van der Waals surface area contributed by atoms with Crippen LogP contribution in [0.3, 0.4) is 0 Å². The molecule has 2 aliphatic rings. The van der Waals surface area contributed by atoms with Crippen LogP contribution < -0.4 is 14.8 Å². The first-order valence-electron chi connectivity index (χ1n) is 10.8. The van der Waals surface area contributed by atoms with Crippen molar-refractivity contribution >= 4 is 27.8 Å². The van der Waals surface area contributed by atoms with E-state index in [2.05, 4.69) is 10.0 Å². The second-order valence-corrected chi connectivity index (χ2v) is 10.2. The Hall–Kier alpha value is -2.91. The summed E-state index contributed by atoms with van der Waals surface area (Å²) in [6, 6.07) is 7.04. The van der Waals surface area contributed by atoms with Crippen molar-refractivity contribution < 1.29 is 27.1 Å². The van der Waals surface area contributed by atoms with Crippen molar-refractivity contribution in [1.29, 1.82) is 0 Å². The summed E-state index contributed by atoms with van der Waals surface area (Å²) >= 11 is 0. The quantitative estimate of drug-likeness (QED) is 0.564. The fraction of sp³-hybridized carbons (Fsp3) is 0.375. The molecule has 0 saturated heterocycles. The maximum Gasteiger partial charge on any atom is 0.343 e. The highest BCUT2D eigenvalue weighted by atomic mass is 32.2. The molecule has 176 valence electrons. The zero-order valence-electron chi connectivity index (χ0n) is 18.7. The van der Waals surface area contributed by atoms with Gasteiger partial charge in [0, 0.05) is 18.5 Å². The van der Waals surface area contributed by atoms with E-state index >= 15 is 0 Å². The summed E-state index contributed by atoms with van der Waals surface area (Å²) in [5.74, 6) is -0.135. The Morgan fingerprint density at radius 2 is 2.09 bits per heavy atom. The van der Waals surface area contributed by atoms with E-state index in [9.17, 15) is 17.6 Å². The Kier molecular flexibility index (Phi) is 6.45. The smallest absolute Gasteiger partial charge is 0.343 e. The van der Waals surface area contributed by atoms with Gasteiger partial charge in [0.2, 0.25) is 0 Å². The normalized spacial score (nSPS) is 19.1. The van der Waals surface area contributed by atoms with Crippen LogP contribution in [-0.4, -0.2) is 40.7 Å². The van der Waals surface area contributed by atoms with E-state index in [1.54, 1.807) is 24.3 Å². The number of esters is 1. The molecule has 2 N–H and O–H groups in total. The van der Waals surface area contributed by atoms with Gasteiger partial charge in [-0.2, -0.15) is 0 Å². The molecule has 2 aromatic carbocycles. The zero-order chi connectivity index (χ0) is 23.8. The molecule has 0 amide bonds. The number of methoxy groups -OCH3 is 1. The molecule has 1 aliphatic heterocycles. The molecule has 0 radical (unpaired) electrons. The third kappa shape index (κ3) is 4.89. The van der Waals surface area contributed by atoms with Crippen molar-refractivity contribution in [3.05, 3.63) is 58.9 Å². The first-order valence-corrected chi connectivity index (χ1v) is 12.3. The fourth-order valence-electron chi connectivity index (χ4n) is 4.02. The van der Waals surface area contributed by atoms with Gasteiger partial charge in [-0.15, -0.1) is 0 Å². The second-order valence-electron chi connectivity index (χ2n) is 8.56. The molecule has 0 spiro atoms. The maximum absolute atomic E-state index is 13.9. The molecule has 1 fully saturated rings. The van der Waals surface area contributed by atoms with E-state index < -0.39 is 21.8 Å². The Morgan fingerprint density at radius 3 is 2.82 bits per heavy atom. The minimum atomic E-state index is -4.16. The lowest BCUT2D eigenvalue weighted by Crippen LogP contribution is -2.22. The SMILES string of the molecule is COC(=O)c1c(NS(=O)(=O)c2ccc(F)cc2C=CCNC(C)C)ccc2c1OCC1CC21. The summed E-state index contributed by atoms with van der Waals surface area (Å²) in [6.45, 7) is 4.95. The lowest BCUT2D eigenvalue weighted by atomic mass is 10.0. The molecule has 2 aromatic rings. The predicted molar refractivity (Wildman–Crippen MR) is 124 cm³/mol. The molecule has 7 nitrogen and oxygen atoms in total. The van der Waals surface area contributed by atoms with Crippen molar-refractivity contribution in [2.24, 2.45) is 5.92 Å². The van der Waals surface area contributed by atoms with E-state index in [1.807, 2.05) is 13.8 Å². The summed E-state index contributed by atoms with van der Waals surface area (Å²) in [5.41, 5.74) is 1.19. The number of anilines is 1. The van der Waals surface area contributed by atoms with E-state index in [4.69, 9.17) is 9.47 Å². The van der Waals surface area contributed by atoms with Crippen LogP contribution in [0.4, 0.5) is 10.1 Å². The predicted octanol–water partition coefficient (Wildman–Crippen LogP) is 3.92. The standard InChI is InChI=1S/C24H27FN2O5S/c1-14(2)26-10-4-5-15-11-17(25)6-9-21(15)33(29,30)27-20-8-7-18-19-12-16(19)13-32-23(18)22(20)24(28)31-3/h4-9,11,14,16,19,26-27H,10,12-13H2,1-3H3. The Bertz CT molecular complexity index is 1210. The molecule has 0 aromatic heterocycles. The van der Waals surface area contributed by atoms with Crippen molar-refractivity contribution in [2.75, 3.05) is 25.0 Å². The van der Waals surface area contributed by atoms with Crippen LogP contribution in [-0.2, 0) is 14.8 Å². The van der Waals surface area contributed by atoms with E-state index in [-0.39, 0.29) is 27.8 Å². The van der Waals surface area contributed by atoms with Crippen LogP contribution in [0, 0.1) is 11.7 Å². The highest BCUT2D eigenvalue weighted by Gasteiger charge is 2.45. The molecule has 1 saturated carbocycles. The molecular formula is C24H27FN2O5S. The fourth-order valence-corrected chi connectivity index (χ4v) is 5.28. The first-order chi connectivity index (χ1) is 15.7. The highest BCUT2D eigenvalue weighted by molar-refractivity contribution is 7.92. The number of fused-ring (bicyclic) bond motifs is 3. The monoisotopic (exact) mass is 474 g/mol. The van der Waals surface area contributed by atoms with Gasteiger partial charge in [-0.1, -0.05) is 32.1 Å². The lowest BCUT2D eigenvalue weighted by molar-refractivity contribution is 0.0596. The summed E-state index contributed by atoms with van der Waals surface area (Å²) in [4.78, 5) is 12.5. The molecule has 1 heterocycles. The van der Waals surface area contributed by atoms with Gasteiger partial charge in [0.25, 0.3) is 10.0 Å². The third-order valence-electron chi connectivity index (χ3n) is 5.79. The average molecular weight is 475 g/mol. The number of carbonyl (C=O) groups is 1. The zero-order valence-corrected chi connectivity index (χ0v) is 19.5. The van der Waals surface area contributed by atoms with Crippen molar-refractivity contribution in [2.45, 2.75) is 37.1 Å². The first kappa shape index (κ1) is 23.3. The molecule has 33 heavy (non-hydrogen) atoms. The molecular weight excluding hydrogens is 447 g/mol. The van der Waals surface area contributed by atoms with E-state index in [1.165, 1.54) is 13.2 Å². The van der Waals surface area contributed by atoms with Gasteiger partial charge in [-0.25, -0.2) is 17.6 Å². The highest BCUT2D eigenvalue weighted by Crippen LogP contribution is 2.55. The van der Waals surface area contributed by atoms with Gasteiger partial charge >= 0.3 is 5.97 Å². The largest absolute Gasteiger partial charge is 0.492 e. The van der Waals surface area contributed by atoms with Crippen LogP contribution in [0.1, 0.15) is 47.7 Å². The molecule has 0 bridgehead atoms. The second kappa shape index (κ2) is 9.15. The van der Waals surface area contributed by atoms with Crippen LogP contribution >= 0.6 is 0 Å². The Labute approximate surface area is 193 Å². The number of carbonyl (C=O) groups excluding carboxylic acids is 1. The number of ether oxygens (including phenoxy) is 2. The molecule has 4 rings (SSSR count). The van der Waals surface area contributed by atoms with Gasteiger partial charge in [0.05, 0.1) is 24.3 Å². The Morgan fingerprint density at radius 1 is 1.30 bits per heavy atom. The van der Waals surface area contributed by atoms with Crippen molar-refractivity contribution in [1.82, 2.24) is 5.32 Å². The number of sulfonamides is 1. The van der Waals surface area contributed by atoms with Crippen LogP contribution in [0.15, 0.2) is 41.3 Å². The van der Waals surface area contributed by atoms with Gasteiger partial charge in [-0.3, -0.25) is 4.72 Å². The number of nitrogens with one attached hydrogen (secondary N) is 2. The van der Waals surface area contributed by atoms with Gasteiger partial charge in [0.1, 0.15) is 17.1 Å². The van der Waals surface area contributed by atoms with E-state index in [0.29, 0.717) is 30.7 Å². The maximum atomic E-state index is 13.9. The summed E-state index contributed by atoms with van der Waals surface area (Å²) < 4.78 is 53.7. The van der Waals surface area contributed by atoms with Gasteiger partial charge < -0.3 is 14.8 Å². The third-order valence-corrected chi connectivity index (χ3v) is 7.23. The number of benzene rings is 2. The topological polar surface area (TPSA) is 93.7 Å². The van der Waals surface area contributed by atoms with Gasteiger partial charge in [-0.05, 0) is 47.7 Å². The molecule has 2 atom stereocenters. The molecule has 9 heteroatoms. The van der Waals surface area contributed by atoms with Crippen molar-refractivity contribution in [3.8, 4) is 5.75 Å². The van der Waals surface area contributed by atoms with Crippen LogP contribution in [0.2, 0.25) is 0 Å². The average Bonchev–Trinajstić information content (AvgIpc) is 3.55. The number of rotatable bonds is 8. The number of hydrogen-bond acceptors (Lipinski definition) is 6. The molecule has 2 unspecified atom stereocenters. The Balaban J connectivity index is 1.69. The van der Waals surface area contributed by atoms with Crippen LogP contribution in [0.25, 0.3) is 6.08 Å². The van der Waals surface area contributed by atoms with E-state index in [0.717, 1.165) is 24.1 Å². The molecule has 1 aliphatic carbocycles. The van der Waals surface area contributed by atoms with Gasteiger partial charge in [0.15, 0.2) is 0 Å². The summed E-state index contributed by atoms with van der Waals surface area (Å²) in [5, 5.41) is 3.18. The number of halogens is 1. The minimum Gasteiger partial charge on any atom is -0.492 e.